The van der Waals surface area contributed by atoms with Crippen LogP contribution in [0.1, 0.15) is 5.56 Å². The predicted molar refractivity (Wildman–Crippen MR) is 206 cm³/mol. The van der Waals surface area contributed by atoms with Crippen molar-refractivity contribution in [3.8, 4) is 62.1 Å². The van der Waals surface area contributed by atoms with Crippen LogP contribution in [-0.4, -0.2) is 19.5 Å². The van der Waals surface area contributed by atoms with Crippen molar-refractivity contribution in [1.82, 2.24) is 19.5 Å². The van der Waals surface area contributed by atoms with Crippen molar-refractivity contribution in [2.24, 2.45) is 0 Å². The molecule has 248 valence electrons. The van der Waals surface area contributed by atoms with Crippen LogP contribution in [0.15, 0.2) is 164 Å². The number of benzene rings is 7. The normalized spacial score (nSPS) is 11.4. The van der Waals surface area contributed by atoms with E-state index in [1.165, 1.54) is 17.7 Å². The standard InChI is InChI=1S/C46H30F2N4/c1-29-11-10-16-32(25-29)33-20-24-42-39(26-33)37-17-8-9-18-41(37)52(42)43-27-34(36-23-21-35(47)28-40(36)48)19-22-38(43)46-50-44(30-12-4-2-5-13-30)49-45(51-46)31-14-6-3-7-15-31/h2-28H,1H3. The van der Waals surface area contributed by atoms with Gasteiger partial charge in [-0.25, -0.2) is 23.7 Å². The minimum absolute atomic E-state index is 0.294. The van der Waals surface area contributed by atoms with Crippen molar-refractivity contribution in [3.05, 3.63) is 181 Å². The van der Waals surface area contributed by atoms with Crippen LogP contribution in [0.25, 0.3) is 83.9 Å². The average Bonchev–Trinajstić information content (AvgIpc) is 3.52. The Bertz CT molecular complexity index is 2720. The van der Waals surface area contributed by atoms with Gasteiger partial charge in [-0.3, -0.25) is 0 Å². The summed E-state index contributed by atoms with van der Waals surface area (Å²) in [5.41, 5.74) is 9.46. The fourth-order valence-corrected chi connectivity index (χ4v) is 6.96. The van der Waals surface area contributed by atoms with E-state index in [0.29, 0.717) is 28.6 Å². The molecule has 6 heteroatoms. The first-order chi connectivity index (χ1) is 25.5. The Morgan fingerprint density at radius 1 is 0.423 bits per heavy atom. The number of hydrogen-bond donors (Lipinski definition) is 0. The molecule has 9 rings (SSSR count). The van der Waals surface area contributed by atoms with Crippen LogP contribution in [0.5, 0.6) is 0 Å². The molecule has 0 saturated heterocycles. The lowest BCUT2D eigenvalue weighted by molar-refractivity contribution is 0.585. The number of aryl methyl sites for hydroxylation is 1. The number of nitrogens with zero attached hydrogens (tertiary/aromatic N) is 4. The molecule has 0 aliphatic rings. The molecular weight excluding hydrogens is 647 g/mol. The Hall–Kier alpha value is -6.79. The van der Waals surface area contributed by atoms with Crippen LogP contribution in [-0.2, 0) is 0 Å². The largest absolute Gasteiger partial charge is 0.308 e. The zero-order chi connectivity index (χ0) is 35.2. The van der Waals surface area contributed by atoms with Gasteiger partial charge in [-0.15, -0.1) is 0 Å². The Morgan fingerprint density at radius 2 is 1.02 bits per heavy atom. The fourth-order valence-electron chi connectivity index (χ4n) is 6.96. The van der Waals surface area contributed by atoms with Gasteiger partial charge >= 0.3 is 0 Å². The van der Waals surface area contributed by atoms with E-state index in [2.05, 4.69) is 66.1 Å². The van der Waals surface area contributed by atoms with Gasteiger partial charge in [-0.1, -0.05) is 121 Å². The summed E-state index contributed by atoms with van der Waals surface area (Å²) < 4.78 is 31.6. The van der Waals surface area contributed by atoms with Gasteiger partial charge in [-0.2, -0.15) is 0 Å². The van der Waals surface area contributed by atoms with Crippen molar-refractivity contribution in [1.29, 1.82) is 0 Å². The molecule has 0 spiro atoms. The SMILES string of the molecule is Cc1cccc(-c2ccc3c(c2)c2ccccc2n3-c2cc(-c3ccc(F)cc3F)ccc2-c2nc(-c3ccccc3)nc(-c3ccccc3)n2)c1. The highest BCUT2D eigenvalue weighted by atomic mass is 19.1. The topological polar surface area (TPSA) is 43.6 Å². The fraction of sp³-hybridized carbons (Fsp3) is 0.0217. The van der Waals surface area contributed by atoms with E-state index >= 15 is 4.39 Å². The molecule has 9 aromatic rings. The van der Waals surface area contributed by atoms with Gasteiger partial charge < -0.3 is 4.57 Å². The molecule has 2 aromatic heterocycles. The molecule has 0 N–H and O–H groups in total. The maximum Gasteiger partial charge on any atom is 0.166 e. The Kier molecular flexibility index (Phi) is 7.70. The van der Waals surface area contributed by atoms with Gasteiger partial charge in [0.05, 0.1) is 16.7 Å². The molecule has 0 unspecified atom stereocenters. The first kappa shape index (κ1) is 31.2. The van der Waals surface area contributed by atoms with E-state index in [1.807, 2.05) is 91.0 Å². The summed E-state index contributed by atoms with van der Waals surface area (Å²) in [5.74, 6) is 0.276. The molecule has 0 amide bonds. The second kappa shape index (κ2) is 12.8. The summed E-state index contributed by atoms with van der Waals surface area (Å²) >= 11 is 0. The predicted octanol–water partition coefficient (Wildman–Crippen LogP) is 11.9. The molecule has 0 saturated carbocycles. The second-order valence-electron chi connectivity index (χ2n) is 12.8. The second-order valence-corrected chi connectivity index (χ2v) is 12.8. The highest BCUT2D eigenvalue weighted by Crippen LogP contribution is 2.40. The number of para-hydroxylation sites is 1. The number of hydrogen-bond acceptors (Lipinski definition) is 3. The highest BCUT2D eigenvalue weighted by Gasteiger charge is 2.21. The van der Waals surface area contributed by atoms with Crippen molar-refractivity contribution >= 4 is 21.8 Å². The molecule has 0 atom stereocenters. The van der Waals surface area contributed by atoms with Gasteiger partial charge in [0.1, 0.15) is 11.6 Å². The minimum atomic E-state index is -0.637. The molecule has 52 heavy (non-hydrogen) atoms. The number of rotatable bonds is 6. The lowest BCUT2D eigenvalue weighted by Gasteiger charge is -2.17. The van der Waals surface area contributed by atoms with E-state index in [-0.39, 0.29) is 0 Å². The molecular formula is C46H30F2N4. The molecule has 0 fully saturated rings. The number of aromatic nitrogens is 4. The first-order valence-electron chi connectivity index (χ1n) is 17.1. The summed E-state index contributed by atoms with van der Waals surface area (Å²) in [5, 5.41) is 2.14. The molecule has 0 bridgehead atoms. The molecule has 4 nitrogen and oxygen atoms in total. The number of fused-ring (bicyclic) bond motifs is 3. The smallest absolute Gasteiger partial charge is 0.166 e. The van der Waals surface area contributed by atoms with Crippen LogP contribution in [0.4, 0.5) is 8.78 Å². The Labute approximate surface area is 299 Å². The van der Waals surface area contributed by atoms with E-state index in [0.717, 1.165) is 61.4 Å². The third-order valence-corrected chi connectivity index (χ3v) is 9.45. The lowest BCUT2D eigenvalue weighted by Crippen LogP contribution is -2.04. The van der Waals surface area contributed by atoms with E-state index < -0.39 is 11.6 Å². The van der Waals surface area contributed by atoms with Crippen molar-refractivity contribution in [2.75, 3.05) is 0 Å². The summed E-state index contributed by atoms with van der Waals surface area (Å²) in [6.45, 7) is 2.10. The molecule has 0 aliphatic heterocycles. The van der Waals surface area contributed by atoms with Crippen LogP contribution in [0.3, 0.4) is 0 Å². The van der Waals surface area contributed by atoms with Crippen molar-refractivity contribution < 1.29 is 8.78 Å². The number of halogens is 2. The van der Waals surface area contributed by atoms with Crippen LogP contribution in [0, 0.1) is 18.6 Å². The maximum absolute atomic E-state index is 15.4. The lowest BCUT2D eigenvalue weighted by atomic mass is 10.0. The van der Waals surface area contributed by atoms with E-state index in [1.54, 1.807) is 0 Å². The minimum Gasteiger partial charge on any atom is -0.308 e. The highest BCUT2D eigenvalue weighted by molar-refractivity contribution is 6.11. The molecule has 2 heterocycles. The van der Waals surface area contributed by atoms with E-state index in [9.17, 15) is 4.39 Å². The van der Waals surface area contributed by atoms with Crippen molar-refractivity contribution in [3.63, 3.8) is 0 Å². The Morgan fingerprint density at radius 3 is 1.73 bits per heavy atom. The third kappa shape index (κ3) is 5.60. The first-order valence-corrected chi connectivity index (χ1v) is 17.1. The zero-order valence-electron chi connectivity index (χ0n) is 28.1. The van der Waals surface area contributed by atoms with Gasteiger partial charge in [0, 0.05) is 39.1 Å². The summed E-state index contributed by atoms with van der Waals surface area (Å²) in [6.07, 6.45) is 0. The van der Waals surface area contributed by atoms with E-state index in [4.69, 9.17) is 15.0 Å². The molecule has 0 radical (unpaired) electrons. The summed E-state index contributed by atoms with van der Waals surface area (Å²) in [6, 6.07) is 52.3. The van der Waals surface area contributed by atoms with Crippen LogP contribution in [0.2, 0.25) is 0 Å². The van der Waals surface area contributed by atoms with Crippen molar-refractivity contribution in [2.45, 2.75) is 6.92 Å². The van der Waals surface area contributed by atoms with Gasteiger partial charge in [0.25, 0.3) is 0 Å². The summed E-state index contributed by atoms with van der Waals surface area (Å²) in [7, 11) is 0. The van der Waals surface area contributed by atoms with Gasteiger partial charge in [0.2, 0.25) is 0 Å². The maximum atomic E-state index is 15.4. The average molecular weight is 677 g/mol. The zero-order valence-corrected chi connectivity index (χ0v) is 28.1. The molecule has 7 aromatic carbocycles. The monoisotopic (exact) mass is 676 g/mol. The van der Waals surface area contributed by atoms with Crippen LogP contribution < -0.4 is 0 Å². The quantitative estimate of drug-likeness (QED) is 0.176. The van der Waals surface area contributed by atoms with Crippen LogP contribution >= 0.6 is 0 Å². The molecule has 0 aliphatic carbocycles. The third-order valence-electron chi connectivity index (χ3n) is 9.45. The Balaban J connectivity index is 1.34. The van der Waals surface area contributed by atoms with Gasteiger partial charge in [0.15, 0.2) is 17.5 Å². The van der Waals surface area contributed by atoms with Gasteiger partial charge in [-0.05, 0) is 66.1 Å². The summed E-state index contributed by atoms with van der Waals surface area (Å²) in [4.78, 5) is 15.0.